The Morgan fingerprint density at radius 1 is 1.32 bits per heavy atom. The van der Waals surface area contributed by atoms with E-state index in [2.05, 4.69) is 5.32 Å². The molecule has 1 atom stereocenters. The van der Waals surface area contributed by atoms with E-state index in [0.29, 0.717) is 39.5 Å². The van der Waals surface area contributed by atoms with Gasteiger partial charge in [-0.2, -0.15) is 0 Å². The number of ether oxygens (including phenoxy) is 3. The number of urea groups is 1. The molecule has 0 saturated carbocycles. The van der Waals surface area contributed by atoms with E-state index in [1.807, 2.05) is 42.2 Å². The minimum atomic E-state index is -0.544. The van der Waals surface area contributed by atoms with Crippen molar-refractivity contribution < 1.29 is 19.0 Å². The second-order valence-electron chi connectivity index (χ2n) is 6.77. The number of rotatable bonds is 6. The van der Waals surface area contributed by atoms with E-state index in [9.17, 15) is 4.79 Å². The van der Waals surface area contributed by atoms with Crippen molar-refractivity contribution in [3.05, 3.63) is 35.9 Å². The second-order valence-corrected chi connectivity index (χ2v) is 6.77. The monoisotopic (exact) mass is 348 g/mol. The number of nitrogens with one attached hydrogen (secondary N) is 1. The normalized spacial score (nSPS) is 22.8. The summed E-state index contributed by atoms with van der Waals surface area (Å²) in [6.45, 7) is 6.30. The van der Waals surface area contributed by atoms with Gasteiger partial charge in [0, 0.05) is 25.6 Å². The molecule has 0 aliphatic carbocycles. The number of hydrogen-bond acceptors (Lipinski definition) is 4. The van der Waals surface area contributed by atoms with Gasteiger partial charge in [0.2, 0.25) is 0 Å². The standard InChI is InChI=1S/C19H28N2O4/c1-19(24-12-13-25-19)17-8-5-10-21(14-17)18(22)20-9-11-23-15-16-6-3-2-4-7-16/h2-4,6-7,17H,5,8-15H2,1H3,(H,20,22). The van der Waals surface area contributed by atoms with E-state index < -0.39 is 5.79 Å². The minimum Gasteiger partial charge on any atom is -0.375 e. The first-order chi connectivity index (χ1) is 12.2. The Kier molecular flexibility index (Phi) is 6.29. The van der Waals surface area contributed by atoms with E-state index in [1.54, 1.807) is 0 Å². The number of amides is 2. The molecule has 1 unspecified atom stereocenters. The first kappa shape index (κ1) is 18.2. The molecule has 6 nitrogen and oxygen atoms in total. The van der Waals surface area contributed by atoms with Gasteiger partial charge >= 0.3 is 6.03 Å². The number of likely N-dealkylation sites (tertiary alicyclic amines) is 1. The lowest BCUT2D eigenvalue weighted by Gasteiger charge is -2.39. The lowest BCUT2D eigenvalue weighted by molar-refractivity contribution is -0.189. The number of piperidine rings is 1. The molecule has 2 heterocycles. The molecule has 2 aliphatic rings. The summed E-state index contributed by atoms with van der Waals surface area (Å²) in [6, 6.07) is 9.99. The fourth-order valence-corrected chi connectivity index (χ4v) is 3.46. The molecular weight excluding hydrogens is 320 g/mol. The van der Waals surface area contributed by atoms with E-state index in [-0.39, 0.29) is 11.9 Å². The molecule has 0 bridgehead atoms. The fourth-order valence-electron chi connectivity index (χ4n) is 3.46. The molecule has 0 aromatic heterocycles. The molecule has 3 rings (SSSR count). The van der Waals surface area contributed by atoms with Gasteiger partial charge < -0.3 is 24.4 Å². The molecule has 0 radical (unpaired) electrons. The Morgan fingerprint density at radius 3 is 2.84 bits per heavy atom. The van der Waals surface area contributed by atoms with E-state index in [1.165, 1.54) is 0 Å². The molecule has 0 spiro atoms. The number of benzene rings is 1. The Labute approximate surface area is 149 Å². The molecule has 1 aromatic carbocycles. The van der Waals surface area contributed by atoms with Crippen LogP contribution < -0.4 is 5.32 Å². The molecule has 1 aromatic rings. The van der Waals surface area contributed by atoms with Crippen LogP contribution in [0.15, 0.2) is 30.3 Å². The highest BCUT2D eigenvalue weighted by molar-refractivity contribution is 5.74. The SMILES string of the molecule is CC1(C2CCCN(C(=O)NCCOCc3ccccc3)C2)OCCO1. The molecular formula is C19H28N2O4. The maximum Gasteiger partial charge on any atom is 0.317 e. The summed E-state index contributed by atoms with van der Waals surface area (Å²) in [5.74, 6) is -0.318. The maximum atomic E-state index is 12.4. The zero-order chi connectivity index (χ0) is 17.5. The van der Waals surface area contributed by atoms with Gasteiger partial charge in [-0.3, -0.25) is 0 Å². The molecule has 1 N–H and O–H groups in total. The van der Waals surface area contributed by atoms with Crippen LogP contribution in [0, 0.1) is 5.92 Å². The predicted octanol–water partition coefficient (Wildman–Crippen LogP) is 2.39. The topological polar surface area (TPSA) is 60.0 Å². The average molecular weight is 348 g/mol. The van der Waals surface area contributed by atoms with Crippen LogP contribution in [-0.4, -0.2) is 56.2 Å². The van der Waals surface area contributed by atoms with E-state index in [0.717, 1.165) is 24.9 Å². The van der Waals surface area contributed by atoms with Crippen molar-refractivity contribution in [1.29, 1.82) is 0 Å². The van der Waals surface area contributed by atoms with Crippen LogP contribution in [-0.2, 0) is 20.8 Å². The van der Waals surface area contributed by atoms with Crippen molar-refractivity contribution in [2.45, 2.75) is 32.2 Å². The maximum absolute atomic E-state index is 12.4. The van der Waals surface area contributed by atoms with Crippen molar-refractivity contribution in [2.75, 3.05) is 39.5 Å². The van der Waals surface area contributed by atoms with Gasteiger partial charge in [-0.1, -0.05) is 30.3 Å². The highest BCUT2D eigenvalue weighted by Crippen LogP contribution is 2.33. The minimum absolute atomic E-state index is 0.0328. The molecule has 2 amide bonds. The van der Waals surface area contributed by atoms with Crippen molar-refractivity contribution in [3.63, 3.8) is 0 Å². The third kappa shape index (κ3) is 4.93. The first-order valence-corrected chi connectivity index (χ1v) is 9.10. The smallest absolute Gasteiger partial charge is 0.317 e. The Balaban J connectivity index is 1.36. The highest BCUT2D eigenvalue weighted by atomic mass is 16.7. The summed E-state index contributed by atoms with van der Waals surface area (Å²) in [5.41, 5.74) is 1.14. The lowest BCUT2D eigenvalue weighted by atomic mass is 9.90. The molecule has 25 heavy (non-hydrogen) atoms. The third-order valence-corrected chi connectivity index (χ3v) is 4.95. The van der Waals surface area contributed by atoms with Crippen LogP contribution in [0.5, 0.6) is 0 Å². The molecule has 138 valence electrons. The summed E-state index contributed by atoms with van der Waals surface area (Å²) in [4.78, 5) is 14.2. The van der Waals surface area contributed by atoms with E-state index in [4.69, 9.17) is 14.2 Å². The highest BCUT2D eigenvalue weighted by Gasteiger charge is 2.42. The zero-order valence-corrected chi connectivity index (χ0v) is 14.9. The van der Waals surface area contributed by atoms with Gasteiger partial charge in [-0.05, 0) is 25.3 Å². The predicted molar refractivity (Wildman–Crippen MR) is 94.1 cm³/mol. The second kappa shape index (κ2) is 8.65. The third-order valence-electron chi connectivity index (χ3n) is 4.95. The summed E-state index contributed by atoms with van der Waals surface area (Å²) in [6.07, 6.45) is 2.01. The number of carbonyl (C=O) groups excluding carboxylic acids is 1. The Hall–Kier alpha value is -1.63. The summed E-state index contributed by atoms with van der Waals surface area (Å²) < 4.78 is 17.1. The largest absolute Gasteiger partial charge is 0.375 e. The Morgan fingerprint density at radius 2 is 2.08 bits per heavy atom. The molecule has 2 fully saturated rings. The summed E-state index contributed by atoms with van der Waals surface area (Å²) in [5, 5.41) is 2.94. The quantitative estimate of drug-likeness (QED) is 0.802. The zero-order valence-electron chi connectivity index (χ0n) is 14.9. The molecule has 6 heteroatoms. The van der Waals surface area contributed by atoms with Gasteiger partial charge in [-0.25, -0.2) is 4.79 Å². The van der Waals surface area contributed by atoms with Crippen LogP contribution >= 0.6 is 0 Å². The van der Waals surface area contributed by atoms with Crippen molar-refractivity contribution in [2.24, 2.45) is 5.92 Å². The van der Waals surface area contributed by atoms with Crippen LogP contribution in [0.1, 0.15) is 25.3 Å². The summed E-state index contributed by atoms with van der Waals surface area (Å²) >= 11 is 0. The van der Waals surface area contributed by atoms with Crippen LogP contribution in [0.3, 0.4) is 0 Å². The van der Waals surface area contributed by atoms with Gasteiger partial charge in [-0.15, -0.1) is 0 Å². The fraction of sp³-hybridized carbons (Fsp3) is 0.632. The van der Waals surface area contributed by atoms with Crippen LogP contribution in [0.2, 0.25) is 0 Å². The average Bonchev–Trinajstić information content (AvgIpc) is 3.10. The number of carbonyl (C=O) groups is 1. The lowest BCUT2D eigenvalue weighted by Crippen LogP contribution is -2.51. The molecule has 2 aliphatic heterocycles. The van der Waals surface area contributed by atoms with Crippen LogP contribution in [0.4, 0.5) is 4.79 Å². The van der Waals surface area contributed by atoms with E-state index >= 15 is 0 Å². The first-order valence-electron chi connectivity index (χ1n) is 9.10. The summed E-state index contributed by atoms with van der Waals surface area (Å²) in [7, 11) is 0. The van der Waals surface area contributed by atoms with Crippen molar-refractivity contribution in [1.82, 2.24) is 10.2 Å². The van der Waals surface area contributed by atoms with Gasteiger partial charge in [0.1, 0.15) is 0 Å². The van der Waals surface area contributed by atoms with Gasteiger partial charge in [0.25, 0.3) is 0 Å². The Bertz CT molecular complexity index is 546. The van der Waals surface area contributed by atoms with Gasteiger partial charge in [0.05, 0.1) is 26.4 Å². The van der Waals surface area contributed by atoms with Gasteiger partial charge in [0.15, 0.2) is 5.79 Å². The van der Waals surface area contributed by atoms with Crippen molar-refractivity contribution in [3.8, 4) is 0 Å². The molecule has 2 saturated heterocycles. The van der Waals surface area contributed by atoms with Crippen molar-refractivity contribution >= 4 is 6.03 Å². The number of hydrogen-bond donors (Lipinski definition) is 1. The number of nitrogens with zero attached hydrogens (tertiary/aromatic N) is 1. The van der Waals surface area contributed by atoms with Crippen LogP contribution in [0.25, 0.3) is 0 Å².